The summed E-state index contributed by atoms with van der Waals surface area (Å²) in [6.45, 7) is 2.28. The minimum absolute atomic E-state index is 0.00786. The first-order valence-corrected chi connectivity index (χ1v) is 8.35. The maximum atomic E-state index is 12.9. The summed E-state index contributed by atoms with van der Waals surface area (Å²) in [5, 5.41) is 3.22. The van der Waals surface area contributed by atoms with Gasteiger partial charge in [-0.2, -0.15) is 0 Å². The zero-order valence-corrected chi connectivity index (χ0v) is 13.9. The molecule has 0 saturated heterocycles. The third-order valence-corrected chi connectivity index (χ3v) is 4.50. The molecule has 6 heteroatoms. The van der Waals surface area contributed by atoms with E-state index in [0.717, 1.165) is 16.9 Å². The van der Waals surface area contributed by atoms with Gasteiger partial charge >= 0.3 is 0 Å². The van der Waals surface area contributed by atoms with Gasteiger partial charge < -0.3 is 0 Å². The van der Waals surface area contributed by atoms with Crippen molar-refractivity contribution in [1.82, 2.24) is 14.8 Å². The lowest BCUT2D eigenvalue weighted by Crippen LogP contribution is -2.33. The average Bonchev–Trinajstić information content (AvgIpc) is 2.89. The summed E-state index contributed by atoms with van der Waals surface area (Å²) in [7, 11) is 0. The third-order valence-electron chi connectivity index (χ3n) is 4.50. The van der Waals surface area contributed by atoms with Gasteiger partial charge in [-0.3, -0.25) is 19.6 Å². The molecule has 0 spiro atoms. The molecular formula is C19H18N4O2. The number of carbonyl (C=O) groups excluding carboxylic acids is 1. The van der Waals surface area contributed by atoms with E-state index in [2.05, 4.69) is 10.1 Å². The summed E-state index contributed by atoms with van der Waals surface area (Å²) in [5.74, 6) is 0.614. The fourth-order valence-corrected chi connectivity index (χ4v) is 3.26. The molecule has 0 aliphatic carbocycles. The first-order chi connectivity index (χ1) is 12.2. The van der Waals surface area contributed by atoms with Crippen molar-refractivity contribution in [2.75, 3.05) is 11.4 Å². The number of H-pyrrole nitrogens is 1. The van der Waals surface area contributed by atoms with Crippen molar-refractivity contribution in [3.63, 3.8) is 0 Å². The molecular weight excluding hydrogens is 316 g/mol. The molecule has 4 rings (SSSR count). The van der Waals surface area contributed by atoms with Crippen molar-refractivity contribution in [3.8, 4) is 16.9 Å². The molecule has 3 heterocycles. The standard InChI is InChI=1S/C19H18N4O2/c1-2-16(24)22-12-10-15-17(14-9-6-11-20-18(14)22)21-23(19(15)25)13-7-4-3-5-8-13/h3-9,11,21H,2,10,12H2,1H3. The maximum Gasteiger partial charge on any atom is 0.275 e. The van der Waals surface area contributed by atoms with Crippen LogP contribution in [0.2, 0.25) is 0 Å². The highest BCUT2D eigenvalue weighted by molar-refractivity contribution is 5.96. The van der Waals surface area contributed by atoms with Crippen molar-refractivity contribution >= 4 is 11.7 Å². The van der Waals surface area contributed by atoms with Gasteiger partial charge in [0.15, 0.2) is 0 Å². The number of hydrogen-bond donors (Lipinski definition) is 1. The molecule has 3 aromatic rings. The predicted octanol–water partition coefficient (Wildman–Crippen LogP) is 2.53. The number of nitrogens with one attached hydrogen (secondary N) is 1. The molecule has 1 aliphatic rings. The second-order valence-electron chi connectivity index (χ2n) is 5.96. The van der Waals surface area contributed by atoms with E-state index < -0.39 is 0 Å². The van der Waals surface area contributed by atoms with Gasteiger partial charge in [0.2, 0.25) is 5.91 Å². The summed E-state index contributed by atoms with van der Waals surface area (Å²) >= 11 is 0. The Morgan fingerprint density at radius 2 is 2.00 bits per heavy atom. The summed E-state index contributed by atoms with van der Waals surface area (Å²) < 4.78 is 1.55. The van der Waals surface area contributed by atoms with E-state index in [1.165, 1.54) is 0 Å². The van der Waals surface area contributed by atoms with Crippen LogP contribution in [0.5, 0.6) is 0 Å². The van der Waals surface area contributed by atoms with E-state index in [4.69, 9.17) is 0 Å². The van der Waals surface area contributed by atoms with Gasteiger partial charge in [-0.25, -0.2) is 9.67 Å². The molecule has 1 aromatic carbocycles. The van der Waals surface area contributed by atoms with Crippen LogP contribution in [0.1, 0.15) is 18.9 Å². The van der Waals surface area contributed by atoms with Gasteiger partial charge in [0.05, 0.1) is 11.4 Å². The van der Waals surface area contributed by atoms with Gasteiger partial charge in [-0.15, -0.1) is 0 Å². The van der Waals surface area contributed by atoms with Crippen LogP contribution >= 0.6 is 0 Å². The van der Waals surface area contributed by atoms with Crippen molar-refractivity contribution in [1.29, 1.82) is 0 Å². The number of nitrogens with zero attached hydrogens (tertiary/aromatic N) is 3. The van der Waals surface area contributed by atoms with Crippen molar-refractivity contribution < 1.29 is 4.79 Å². The van der Waals surface area contributed by atoms with Gasteiger partial charge in [0.1, 0.15) is 5.82 Å². The molecule has 0 fully saturated rings. The number of fused-ring (bicyclic) bond motifs is 3. The predicted molar refractivity (Wildman–Crippen MR) is 96.0 cm³/mol. The number of para-hydroxylation sites is 1. The Morgan fingerprint density at radius 3 is 2.76 bits per heavy atom. The molecule has 126 valence electrons. The number of aromatic amines is 1. The quantitative estimate of drug-likeness (QED) is 0.783. The fraction of sp³-hybridized carbons (Fsp3) is 0.211. The lowest BCUT2D eigenvalue weighted by atomic mass is 10.1. The van der Waals surface area contributed by atoms with E-state index >= 15 is 0 Å². The molecule has 0 saturated carbocycles. The van der Waals surface area contributed by atoms with E-state index in [0.29, 0.717) is 30.8 Å². The SMILES string of the molecule is CCC(=O)N1CCc2c([nH]n(-c3ccccc3)c2=O)-c2cccnc21. The minimum atomic E-state index is -0.0817. The molecule has 0 unspecified atom stereocenters. The molecule has 0 atom stereocenters. The van der Waals surface area contributed by atoms with E-state index in [1.54, 1.807) is 15.8 Å². The third kappa shape index (κ3) is 2.46. The molecule has 0 radical (unpaired) electrons. The Kier molecular flexibility index (Phi) is 3.72. The number of benzene rings is 1. The van der Waals surface area contributed by atoms with Crippen LogP contribution in [0.4, 0.5) is 5.82 Å². The van der Waals surface area contributed by atoms with E-state index in [1.807, 2.05) is 49.4 Å². The van der Waals surface area contributed by atoms with Crippen molar-refractivity contribution in [2.24, 2.45) is 0 Å². The highest BCUT2D eigenvalue weighted by atomic mass is 16.2. The Bertz CT molecular complexity index is 988. The molecule has 6 nitrogen and oxygen atoms in total. The molecule has 1 amide bonds. The number of carbonyl (C=O) groups is 1. The number of pyridine rings is 1. The van der Waals surface area contributed by atoms with Crippen LogP contribution in [0.3, 0.4) is 0 Å². The fourth-order valence-electron chi connectivity index (χ4n) is 3.26. The Labute approximate surface area is 144 Å². The maximum absolute atomic E-state index is 12.9. The van der Waals surface area contributed by atoms with Crippen LogP contribution < -0.4 is 10.5 Å². The second kappa shape index (κ2) is 6.05. The second-order valence-corrected chi connectivity index (χ2v) is 5.96. The molecule has 25 heavy (non-hydrogen) atoms. The Hall–Kier alpha value is -3.15. The van der Waals surface area contributed by atoms with Gasteiger partial charge in [-0.05, 0) is 30.7 Å². The number of aromatic nitrogens is 3. The Morgan fingerprint density at radius 1 is 1.20 bits per heavy atom. The Balaban J connectivity index is 1.92. The minimum Gasteiger partial charge on any atom is -0.296 e. The molecule has 1 aliphatic heterocycles. The lowest BCUT2D eigenvalue weighted by Gasteiger charge is -2.20. The van der Waals surface area contributed by atoms with Crippen LogP contribution in [-0.2, 0) is 11.2 Å². The van der Waals surface area contributed by atoms with Gasteiger partial charge in [0.25, 0.3) is 5.56 Å². The summed E-state index contributed by atoms with van der Waals surface area (Å²) in [6, 6.07) is 13.2. The zero-order chi connectivity index (χ0) is 17.4. The van der Waals surface area contributed by atoms with Crippen LogP contribution in [0.15, 0.2) is 53.5 Å². The van der Waals surface area contributed by atoms with Crippen molar-refractivity contribution in [2.45, 2.75) is 19.8 Å². The highest BCUT2D eigenvalue weighted by Crippen LogP contribution is 2.33. The molecule has 1 N–H and O–H groups in total. The topological polar surface area (TPSA) is 71.0 Å². The monoisotopic (exact) mass is 334 g/mol. The molecule has 2 aromatic heterocycles. The van der Waals surface area contributed by atoms with Crippen LogP contribution in [0, 0.1) is 0 Å². The molecule has 0 bridgehead atoms. The lowest BCUT2D eigenvalue weighted by molar-refractivity contribution is -0.118. The summed E-state index contributed by atoms with van der Waals surface area (Å²) in [4.78, 5) is 31.3. The summed E-state index contributed by atoms with van der Waals surface area (Å²) in [5.41, 5.74) is 2.91. The van der Waals surface area contributed by atoms with Crippen LogP contribution in [0.25, 0.3) is 16.9 Å². The first-order valence-electron chi connectivity index (χ1n) is 8.35. The first kappa shape index (κ1) is 15.4. The zero-order valence-electron chi connectivity index (χ0n) is 13.9. The van der Waals surface area contributed by atoms with Crippen LogP contribution in [-0.4, -0.2) is 27.2 Å². The van der Waals surface area contributed by atoms with E-state index in [-0.39, 0.29) is 11.5 Å². The summed E-state index contributed by atoms with van der Waals surface area (Å²) in [6.07, 6.45) is 2.57. The number of rotatable bonds is 2. The number of hydrogen-bond acceptors (Lipinski definition) is 3. The van der Waals surface area contributed by atoms with E-state index in [9.17, 15) is 9.59 Å². The van der Waals surface area contributed by atoms with Gasteiger partial charge in [0, 0.05) is 30.3 Å². The highest BCUT2D eigenvalue weighted by Gasteiger charge is 2.28. The number of anilines is 1. The average molecular weight is 334 g/mol. The van der Waals surface area contributed by atoms with Gasteiger partial charge in [-0.1, -0.05) is 25.1 Å². The van der Waals surface area contributed by atoms with Crippen molar-refractivity contribution in [3.05, 3.63) is 64.6 Å². The normalized spacial score (nSPS) is 13.1. The number of amides is 1. The smallest absolute Gasteiger partial charge is 0.275 e. The largest absolute Gasteiger partial charge is 0.296 e.